The average molecular weight is 350 g/mol. The molecule has 1 amide bonds. The van der Waals surface area contributed by atoms with Crippen molar-refractivity contribution in [3.05, 3.63) is 36.0 Å². The number of methoxy groups -OCH3 is 1. The van der Waals surface area contributed by atoms with Crippen LogP contribution in [0.4, 0.5) is 11.4 Å². The van der Waals surface area contributed by atoms with Crippen molar-refractivity contribution in [3.63, 3.8) is 0 Å². The van der Waals surface area contributed by atoms with Crippen molar-refractivity contribution in [3.8, 4) is 5.88 Å². The maximum absolute atomic E-state index is 12.4. The van der Waals surface area contributed by atoms with Crippen LogP contribution in [0.1, 0.15) is 16.8 Å². The Hall–Kier alpha value is -2.55. The number of nitrogens with zero attached hydrogens (tertiary/aromatic N) is 3. The number of benzene rings is 1. The minimum atomic E-state index is -3.26. The van der Waals surface area contributed by atoms with E-state index in [1.165, 1.54) is 16.1 Å². The number of sulfonamides is 1. The third kappa shape index (κ3) is 3.07. The molecule has 128 valence electrons. The first-order valence-corrected chi connectivity index (χ1v) is 9.01. The topological polar surface area (TPSA) is 93.5 Å². The normalized spacial score (nSPS) is 16.2. The summed E-state index contributed by atoms with van der Waals surface area (Å²) >= 11 is 0. The highest BCUT2D eigenvalue weighted by atomic mass is 32.2. The molecule has 0 atom stereocenters. The molecule has 1 aromatic carbocycles. The molecule has 0 bridgehead atoms. The van der Waals surface area contributed by atoms with Crippen molar-refractivity contribution in [2.45, 2.75) is 6.42 Å². The van der Waals surface area contributed by atoms with Gasteiger partial charge in [-0.3, -0.25) is 13.8 Å². The van der Waals surface area contributed by atoms with Crippen LogP contribution in [-0.2, 0) is 17.1 Å². The summed E-state index contributed by atoms with van der Waals surface area (Å²) in [7, 11) is -0.123. The van der Waals surface area contributed by atoms with E-state index < -0.39 is 10.0 Å². The number of hydrogen-bond donors (Lipinski definition) is 1. The van der Waals surface area contributed by atoms with Crippen LogP contribution < -0.4 is 14.4 Å². The van der Waals surface area contributed by atoms with Crippen LogP contribution in [0.2, 0.25) is 0 Å². The zero-order valence-corrected chi connectivity index (χ0v) is 14.2. The summed E-state index contributed by atoms with van der Waals surface area (Å²) in [5.41, 5.74) is 1.35. The third-order valence-corrected chi connectivity index (χ3v) is 5.59. The van der Waals surface area contributed by atoms with Crippen LogP contribution in [0.3, 0.4) is 0 Å². The Morgan fingerprint density at radius 3 is 2.83 bits per heavy atom. The summed E-state index contributed by atoms with van der Waals surface area (Å²) < 4.78 is 32.0. The van der Waals surface area contributed by atoms with Gasteiger partial charge in [0.25, 0.3) is 5.91 Å². The van der Waals surface area contributed by atoms with Gasteiger partial charge in [0, 0.05) is 25.5 Å². The zero-order chi connectivity index (χ0) is 17.3. The number of aromatic nitrogens is 2. The number of nitrogens with one attached hydrogen (secondary N) is 1. The first kappa shape index (κ1) is 16.3. The minimum Gasteiger partial charge on any atom is -0.479 e. The largest absolute Gasteiger partial charge is 0.479 e. The molecule has 0 unspecified atom stereocenters. The summed E-state index contributed by atoms with van der Waals surface area (Å²) in [5, 5.41) is 6.78. The van der Waals surface area contributed by atoms with Crippen LogP contribution in [-0.4, -0.2) is 43.5 Å². The lowest BCUT2D eigenvalue weighted by molar-refractivity contribution is 0.102. The summed E-state index contributed by atoms with van der Waals surface area (Å²) in [6.07, 6.45) is 2.16. The number of ether oxygens (including phenoxy) is 1. The predicted octanol–water partition coefficient (Wildman–Crippen LogP) is 1.22. The fraction of sp³-hybridized carbons (Fsp3) is 0.333. The first-order valence-electron chi connectivity index (χ1n) is 7.40. The molecule has 24 heavy (non-hydrogen) atoms. The molecule has 1 aliphatic heterocycles. The van der Waals surface area contributed by atoms with Crippen molar-refractivity contribution < 1.29 is 17.9 Å². The first-order chi connectivity index (χ1) is 11.4. The van der Waals surface area contributed by atoms with Gasteiger partial charge in [0.15, 0.2) is 0 Å². The molecule has 1 fully saturated rings. The second-order valence-corrected chi connectivity index (χ2v) is 7.48. The molecule has 9 heteroatoms. The molecule has 0 saturated carbocycles. The van der Waals surface area contributed by atoms with Crippen molar-refractivity contribution in [1.82, 2.24) is 9.78 Å². The second-order valence-electron chi connectivity index (χ2n) is 5.47. The van der Waals surface area contributed by atoms with Crippen molar-refractivity contribution in [2.24, 2.45) is 7.05 Å². The predicted molar refractivity (Wildman–Crippen MR) is 89.9 cm³/mol. The molecule has 2 aromatic rings. The van der Waals surface area contributed by atoms with Crippen molar-refractivity contribution >= 4 is 27.3 Å². The third-order valence-electron chi connectivity index (χ3n) is 3.72. The lowest BCUT2D eigenvalue weighted by Gasteiger charge is -2.17. The highest BCUT2D eigenvalue weighted by Gasteiger charge is 2.28. The van der Waals surface area contributed by atoms with Crippen LogP contribution in [0.5, 0.6) is 5.88 Å². The van der Waals surface area contributed by atoms with Crippen molar-refractivity contribution in [1.29, 1.82) is 0 Å². The standard InChI is InChI=1S/C15H18N4O4S/c1-18-10-13(15(17-18)23-2)14(20)16-11-5-3-6-12(9-11)19-7-4-8-24(19,21)22/h3,5-6,9-10H,4,7-8H2,1-2H3,(H,16,20). The van der Waals surface area contributed by atoms with E-state index in [0.717, 1.165) is 0 Å². The van der Waals surface area contributed by atoms with E-state index in [2.05, 4.69) is 10.4 Å². The monoisotopic (exact) mass is 350 g/mol. The van der Waals surface area contributed by atoms with Crippen LogP contribution in [0.25, 0.3) is 0 Å². The number of anilines is 2. The van der Waals surface area contributed by atoms with Crippen molar-refractivity contribution in [2.75, 3.05) is 29.0 Å². The van der Waals surface area contributed by atoms with E-state index in [-0.39, 0.29) is 17.5 Å². The molecule has 8 nitrogen and oxygen atoms in total. The van der Waals surface area contributed by atoms with Gasteiger partial charge in [-0.05, 0) is 24.6 Å². The van der Waals surface area contributed by atoms with E-state index >= 15 is 0 Å². The van der Waals surface area contributed by atoms with E-state index in [1.807, 2.05) is 0 Å². The fourth-order valence-corrected chi connectivity index (χ4v) is 4.20. The van der Waals surface area contributed by atoms with E-state index in [1.54, 1.807) is 37.5 Å². The Balaban J connectivity index is 1.83. The van der Waals surface area contributed by atoms with Gasteiger partial charge in [0.1, 0.15) is 5.56 Å². The Bertz CT molecular complexity index is 875. The van der Waals surface area contributed by atoms with E-state index in [9.17, 15) is 13.2 Å². The molecule has 2 heterocycles. The number of hydrogen-bond acceptors (Lipinski definition) is 5. The molecule has 1 N–H and O–H groups in total. The van der Waals surface area contributed by atoms with Gasteiger partial charge in [0.2, 0.25) is 15.9 Å². The number of rotatable bonds is 4. The van der Waals surface area contributed by atoms with Gasteiger partial charge < -0.3 is 10.1 Å². The Morgan fingerprint density at radius 1 is 1.38 bits per heavy atom. The van der Waals surface area contributed by atoms with Crippen LogP contribution in [0, 0.1) is 0 Å². The quantitative estimate of drug-likeness (QED) is 0.895. The maximum atomic E-state index is 12.4. The maximum Gasteiger partial charge on any atom is 0.262 e. The number of carbonyl (C=O) groups is 1. The highest BCUT2D eigenvalue weighted by Crippen LogP contribution is 2.27. The zero-order valence-electron chi connectivity index (χ0n) is 13.4. The molecule has 1 aromatic heterocycles. The molecule has 0 aliphatic carbocycles. The van der Waals surface area contributed by atoms with Crippen LogP contribution >= 0.6 is 0 Å². The van der Waals surface area contributed by atoms with E-state index in [4.69, 9.17) is 4.74 Å². The number of carbonyl (C=O) groups excluding carboxylic acids is 1. The lowest BCUT2D eigenvalue weighted by atomic mass is 10.2. The van der Waals surface area contributed by atoms with Gasteiger partial charge in [-0.25, -0.2) is 8.42 Å². The molecular formula is C15H18N4O4S. The van der Waals surface area contributed by atoms with Crippen LogP contribution in [0.15, 0.2) is 30.5 Å². The SMILES string of the molecule is COc1nn(C)cc1C(=O)Nc1cccc(N2CCCS2(=O)=O)c1. The summed E-state index contributed by atoms with van der Waals surface area (Å²) in [4.78, 5) is 12.4. The second kappa shape index (κ2) is 6.16. The molecule has 3 rings (SSSR count). The Morgan fingerprint density at radius 2 is 2.17 bits per heavy atom. The van der Waals surface area contributed by atoms with Gasteiger partial charge in [0.05, 0.1) is 18.6 Å². The molecular weight excluding hydrogens is 332 g/mol. The highest BCUT2D eigenvalue weighted by molar-refractivity contribution is 7.93. The molecule has 0 radical (unpaired) electrons. The number of amides is 1. The average Bonchev–Trinajstić information content (AvgIpc) is 3.09. The molecule has 1 saturated heterocycles. The Kier molecular flexibility index (Phi) is 4.18. The van der Waals surface area contributed by atoms with E-state index in [0.29, 0.717) is 29.9 Å². The summed E-state index contributed by atoms with van der Waals surface area (Å²) in [5.74, 6) is 0.00544. The summed E-state index contributed by atoms with van der Waals surface area (Å²) in [6, 6.07) is 6.76. The summed E-state index contributed by atoms with van der Waals surface area (Å²) in [6.45, 7) is 0.455. The molecule has 1 aliphatic rings. The Labute approximate surface area is 140 Å². The number of aryl methyl sites for hydroxylation is 1. The van der Waals surface area contributed by atoms with Gasteiger partial charge in [-0.1, -0.05) is 6.07 Å². The van der Waals surface area contributed by atoms with Gasteiger partial charge in [-0.2, -0.15) is 0 Å². The van der Waals surface area contributed by atoms with Gasteiger partial charge >= 0.3 is 0 Å². The fourth-order valence-electron chi connectivity index (χ4n) is 2.64. The lowest BCUT2D eigenvalue weighted by Crippen LogP contribution is -2.25. The molecule has 0 spiro atoms. The smallest absolute Gasteiger partial charge is 0.262 e. The minimum absolute atomic E-state index is 0.149. The van der Waals surface area contributed by atoms with Gasteiger partial charge in [-0.15, -0.1) is 5.10 Å².